The predicted molar refractivity (Wildman–Crippen MR) is 49.7 cm³/mol. The van der Waals surface area contributed by atoms with Crippen molar-refractivity contribution in [3.63, 3.8) is 0 Å². The molecule has 0 aliphatic heterocycles. The first-order valence-electron chi connectivity index (χ1n) is 3.87. The van der Waals surface area contributed by atoms with Crippen LogP contribution in [-0.4, -0.2) is 25.2 Å². The molecule has 0 saturated heterocycles. The maximum atomic E-state index is 10.7. The van der Waals surface area contributed by atoms with Crippen molar-refractivity contribution in [3.05, 3.63) is 23.9 Å². The molecule has 0 fully saturated rings. The number of nitrogens with zero attached hydrogens (tertiary/aromatic N) is 1. The first kappa shape index (κ1) is 10.1. The number of hydrogen-bond donors (Lipinski definition) is 0. The fourth-order valence-electron chi connectivity index (χ4n) is 0.818. The molecule has 0 radical (unpaired) electrons. The van der Waals surface area contributed by atoms with Gasteiger partial charge in [0.25, 0.3) is 0 Å². The molecule has 0 saturated carbocycles. The molecule has 1 heterocycles. The number of ether oxygens (including phenoxy) is 2. The number of pyridine rings is 1. The topological polar surface area (TPSA) is 48.4 Å². The van der Waals surface area contributed by atoms with Crippen molar-refractivity contribution in [1.82, 2.24) is 4.98 Å². The van der Waals surface area contributed by atoms with Crippen LogP contribution in [0.5, 0.6) is 5.88 Å². The molecule has 0 spiro atoms. The molecule has 4 heteroatoms. The van der Waals surface area contributed by atoms with Crippen LogP contribution in [0.25, 0.3) is 0 Å². The Balaban J connectivity index is 2.94. The van der Waals surface area contributed by atoms with E-state index in [0.717, 1.165) is 0 Å². The number of methoxy groups -OCH3 is 2. The van der Waals surface area contributed by atoms with E-state index in [-0.39, 0.29) is 0 Å². The number of esters is 1. The van der Waals surface area contributed by atoms with Gasteiger partial charge in [-0.2, -0.15) is 0 Å². The molecule has 4 nitrogen and oxygen atoms in total. The Hall–Kier alpha value is -2.02. The molecule has 0 amide bonds. The highest BCUT2D eigenvalue weighted by Gasteiger charge is 1.99. The van der Waals surface area contributed by atoms with Crippen LogP contribution in [0.4, 0.5) is 0 Å². The Morgan fingerprint density at radius 1 is 1.50 bits per heavy atom. The lowest BCUT2D eigenvalue weighted by molar-refractivity contribution is -0.133. The third kappa shape index (κ3) is 2.49. The van der Waals surface area contributed by atoms with Crippen LogP contribution >= 0.6 is 0 Å². The maximum absolute atomic E-state index is 10.7. The van der Waals surface area contributed by atoms with Crippen molar-refractivity contribution in [2.24, 2.45) is 0 Å². The highest BCUT2D eigenvalue weighted by Crippen LogP contribution is 2.11. The zero-order valence-corrected chi connectivity index (χ0v) is 7.90. The van der Waals surface area contributed by atoms with E-state index in [1.54, 1.807) is 18.3 Å². The van der Waals surface area contributed by atoms with E-state index < -0.39 is 5.97 Å². The van der Waals surface area contributed by atoms with E-state index in [1.807, 2.05) is 0 Å². The first-order valence-corrected chi connectivity index (χ1v) is 3.87. The number of rotatable bonds is 1. The molecule has 0 aliphatic rings. The summed E-state index contributed by atoms with van der Waals surface area (Å²) in [6, 6.07) is 3.42. The number of carbonyl (C=O) groups is 1. The molecule has 0 atom stereocenters. The van der Waals surface area contributed by atoms with Gasteiger partial charge >= 0.3 is 5.97 Å². The lowest BCUT2D eigenvalue weighted by atomic mass is 10.3. The van der Waals surface area contributed by atoms with Gasteiger partial charge in [-0.3, -0.25) is 0 Å². The monoisotopic (exact) mass is 191 g/mol. The largest absolute Gasteiger partial charge is 0.480 e. The maximum Gasteiger partial charge on any atom is 0.384 e. The van der Waals surface area contributed by atoms with Crippen molar-refractivity contribution < 1.29 is 14.3 Å². The molecular formula is C10H9NO3. The fraction of sp³-hybridized carbons (Fsp3) is 0.200. The smallest absolute Gasteiger partial charge is 0.384 e. The number of hydrogen-bond acceptors (Lipinski definition) is 4. The van der Waals surface area contributed by atoms with Gasteiger partial charge in [-0.1, -0.05) is 0 Å². The van der Waals surface area contributed by atoms with Crippen LogP contribution in [-0.2, 0) is 9.53 Å². The zero-order chi connectivity index (χ0) is 10.4. The van der Waals surface area contributed by atoms with Gasteiger partial charge in [0.1, 0.15) is 0 Å². The van der Waals surface area contributed by atoms with Gasteiger partial charge in [0, 0.05) is 12.1 Å². The number of carbonyl (C=O) groups excluding carboxylic acids is 1. The van der Waals surface area contributed by atoms with Crippen LogP contribution < -0.4 is 4.74 Å². The summed E-state index contributed by atoms with van der Waals surface area (Å²) in [5.74, 6) is 4.70. The Labute approximate surface area is 81.9 Å². The normalized spacial score (nSPS) is 8.43. The predicted octanol–water partition coefficient (Wildman–Crippen LogP) is 0.615. The third-order valence-corrected chi connectivity index (χ3v) is 1.45. The van der Waals surface area contributed by atoms with Gasteiger partial charge in [-0.25, -0.2) is 9.78 Å². The van der Waals surface area contributed by atoms with Crippen molar-refractivity contribution in [2.45, 2.75) is 0 Å². The highest BCUT2D eigenvalue weighted by molar-refractivity contribution is 5.89. The standard InChI is InChI=1S/C10H9NO3/c1-13-9(12)6-5-8-4-3-7-11-10(8)14-2/h3-4,7H,1-2H3. The first-order chi connectivity index (χ1) is 6.77. The van der Waals surface area contributed by atoms with Crippen LogP contribution in [0, 0.1) is 11.8 Å². The summed E-state index contributed by atoms with van der Waals surface area (Å²) in [5.41, 5.74) is 0.556. The summed E-state index contributed by atoms with van der Waals surface area (Å²) >= 11 is 0. The van der Waals surface area contributed by atoms with Crippen LogP contribution in [0.15, 0.2) is 18.3 Å². The third-order valence-electron chi connectivity index (χ3n) is 1.45. The minimum Gasteiger partial charge on any atom is -0.480 e. The number of aromatic nitrogens is 1. The second kappa shape index (κ2) is 4.87. The molecule has 0 unspecified atom stereocenters. The van der Waals surface area contributed by atoms with E-state index in [9.17, 15) is 4.79 Å². The van der Waals surface area contributed by atoms with Gasteiger partial charge in [-0.05, 0) is 18.1 Å². The highest BCUT2D eigenvalue weighted by atomic mass is 16.5. The van der Waals surface area contributed by atoms with E-state index in [2.05, 4.69) is 21.6 Å². The van der Waals surface area contributed by atoms with E-state index >= 15 is 0 Å². The quantitative estimate of drug-likeness (QED) is 0.482. The average molecular weight is 191 g/mol. The molecule has 0 N–H and O–H groups in total. The molecule has 14 heavy (non-hydrogen) atoms. The van der Waals surface area contributed by atoms with Crippen LogP contribution in [0.1, 0.15) is 5.56 Å². The minimum atomic E-state index is -0.587. The summed E-state index contributed by atoms with van der Waals surface area (Å²) in [6.45, 7) is 0. The summed E-state index contributed by atoms with van der Waals surface area (Å²) in [4.78, 5) is 14.7. The SMILES string of the molecule is COC(=O)C#Cc1cccnc1OC. The molecule has 72 valence electrons. The molecule has 1 aromatic heterocycles. The summed E-state index contributed by atoms with van der Waals surface area (Å²) in [6.07, 6.45) is 1.59. The molecular weight excluding hydrogens is 182 g/mol. The van der Waals surface area contributed by atoms with Crippen LogP contribution in [0.3, 0.4) is 0 Å². The molecule has 1 rings (SSSR count). The molecule has 0 aromatic carbocycles. The fourth-order valence-corrected chi connectivity index (χ4v) is 0.818. The summed E-state index contributed by atoms with van der Waals surface area (Å²) in [5, 5.41) is 0. The average Bonchev–Trinajstić information content (AvgIpc) is 2.26. The second-order valence-electron chi connectivity index (χ2n) is 2.30. The summed E-state index contributed by atoms with van der Waals surface area (Å²) < 4.78 is 9.32. The second-order valence-corrected chi connectivity index (χ2v) is 2.30. The van der Waals surface area contributed by atoms with Crippen LogP contribution in [0.2, 0.25) is 0 Å². The van der Waals surface area contributed by atoms with Gasteiger partial charge in [0.15, 0.2) is 0 Å². The Bertz CT molecular complexity index is 390. The zero-order valence-electron chi connectivity index (χ0n) is 7.90. The Morgan fingerprint density at radius 3 is 2.93 bits per heavy atom. The lowest BCUT2D eigenvalue weighted by Gasteiger charge is -1.98. The van der Waals surface area contributed by atoms with Gasteiger partial charge in [-0.15, -0.1) is 0 Å². The molecule has 1 aromatic rings. The van der Waals surface area contributed by atoms with Crippen molar-refractivity contribution >= 4 is 5.97 Å². The van der Waals surface area contributed by atoms with Gasteiger partial charge in [0.2, 0.25) is 5.88 Å². The summed E-state index contributed by atoms with van der Waals surface area (Å²) in [7, 11) is 2.77. The van der Waals surface area contributed by atoms with Gasteiger partial charge < -0.3 is 9.47 Å². The van der Waals surface area contributed by atoms with E-state index in [0.29, 0.717) is 11.4 Å². The Morgan fingerprint density at radius 2 is 2.29 bits per heavy atom. The minimum absolute atomic E-state index is 0.393. The van der Waals surface area contributed by atoms with E-state index in [1.165, 1.54) is 14.2 Å². The van der Waals surface area contributed by atoms with Crippen molar-refractivity contribution in [1.29, 1.82) is 0 Å². The molecule has 0 bridgehead atoms. The Kier molecular flexibility index (Phi) is 3.50. The van der Waals surface area contributed by atoms with Crippen molar-refractivity contribution in [3.8, 4) is 17.7 Å². The van der Waals surface area contributed by atoms with E-state index in [4.69, 9.17) is 4.74 Å². The molecule has 0 aliphatic carbocycles. The lowest BCUT2D eigenvalue weighted by Crippen LogP contribution is -1.95. The van der Waals surface area contributed by atoms with Gasteiger partial charge in [0.05, 0.1) is 19.8 Å². The van der Waals surface area contributed by atoms with Crippen molar-refractivity contribution in [2.75, 3.05) is 14.2 Å².